The number of hydrogen-bond acceptors (Lipinski definition) is 10. The number of carbonyl (C=O) groups excluding carboxylic acids is 1. The maximum atomic E-state index is 10.5. The Morgan fingerprint density at radius 2 is 1.23 bits per heavy atom. The minimum absolute atomic E-state index is 0. The zero-order valence-electron chi connectivity index (χ0n) is 13.2. The van der Waals surface area contributed by atoms with Gasteiger partial charge in [-0.1, -0.05) is 0 Å². The lowest BCUT2D eigenvalue weighted by atomic mass is 9.96. The van der Waals surface area contributed by atoms with Crippen molar-refractivity contribution in [3.05, 3.63) is 0 Å². The third-order valence-corrected chi connectivity index (χ3v) is 2.68. The van der Waals surface area contributed by atoms with E-state index in [4.69, 9.17) is 46.0 Å². The van der Waals surface area contributed by atoms with Gasteiger partial charge in [0.2, 0.25) is 0 Å². The number of aliphatic carboxylic acids is 3. The van der Waals surface area contributed by atoms with Gasteiger partial charge in [-0.15, -0.1) is 0 Å². The summed E-state index contributed by atoms with van der Waals surface area (Å²) in [5.41, 5.74) is -2.74. The van der Waals surface area contributed by atoms with E-state index in [1.165, 1.54) is 0 Å². The Bertz CT molecular complexity index is 459. The minimum Gasteiger partial charge on any atom is -0.481 e. The van der Waals surface area contributed by atoms with Crippen LogP contribution in [0.3, 0.4) is 0 Å². The lowest BCUT2D eigenvalue weighted by molar-refractivity contribution is -0.170. The Morgan fingerprint density at radius 3 is 1.46 bits per heavy atom. The highest BCUT2D eigenvalue weighted by atomic mass is 16.4. The summed E-state index contributed by atoms with van der Waals surface area (Å²) in [7, 11) is 0. The van der Waals surface area contributed by atoms with Gasteiger partial charge in [-0.25, -0.2) is 4.79 Å². The number of ketones is 1. The molecular formula is C12H22O14. The summed E-state index contributed by atoms with van der Waals surface area (Å²) in [6, 6.07) is 0. The van der Waals surface area contributed by atoms with Crippen LogP contribution in [0.2, 0.25) is 0 Å². The van der Waals surface area contributed by atoms with Gasteiger partial charge in [0.15, 0.2) is 11.4 Å². The van der Waals surface area contributed by atoms with Crippen LogP contribution in [-0.2, 0) is 19.2 Å². The highest BCUT2D eigenvalue weighted by Crippen LogP contribution is 2.15. The summed E-state index contributed by atoms with van der Waals surface area (Å²) in [4.78, 5) is 41.0. The molecule has 0 unspecified atom stereocenters. The quantitative estimate of drug-likeness (QED) is 0.168. The molecule has 26 heavy (non-hydrogen) atoms. The molecule has 0 bridgehead atoms. The Kier molecular flexibility index (Phi) is 14.4. The third-order valence-electron chi connectivity index (χ3n) is 2.68. The van der Waals surface area contributed by atoms with E-state index in [1.807, 2.05) is 0 Å². The van der Waals surface area contributed by atoms with Crippen LogP contribution in [0.1, 0.15) is 12.8 Å². The topological polar surface area (TPSA) is 282 Å². The molecule has 0 saturated heterocycles. The second kappa shape index (κ2) is 13.1. The SMILES string of the molecule is O.O=C(CO)[C@@H](O)[C@H](O)[C@H](O)CO.O=C(O)CC(O)(CC(=O)O)C(=O)O. The molecule has 0 saturated carbocycles. The first-order chi connectivity index (χ1) is 11.3. The van der Waals surface area contributed by atoms with Gasteiger partial charge >= 0.3 is 17.9 Å². The van der Waals surface area contributed by atoms with E-state index in [9.17, 15) is 19.2 Å². The molecule has 0 aromatic carbocycles. The van der Waals surface area contributed by atoms with Crippen LogP contribution in [-0.4, -0.2) is 112 Å². The van der Waals surface area contributed by atoms with Crippen LogP contribution in [0, 0.1) is 0 Å². The predicted octanol–water partition coefficient (Wildman–Crippen LogP) is -5.45. The van der Waals surface area contributed by atoms with Crippen molar-refractivity contribution in [1.82, 2.24) is 0 Å². The number of hydrogen-bond donors (Lipinski definition) is 9. The first-order valence-electron chi connectivity index (χ1n) is 6.50. The van der Waals surface area contributed by atoms with Crippen LogP contribution in [0.15, 0.2) is 0 Å². The molecule has 0 rings (SSSR count). The number of aliphatic hydroxyl groups is 6. The average Bonchev–Trinajstić information content (AvgIpc) is 2.50. The summed E-state index contributed by atoms with van der Waals surface area (Å²) in [6.07, 6.45) is -7.51. The summed E-state index contributed by atoms with van der Waals surface area (Å²) in [5, 5.41) is 76.9. The molecular weight excluding hydrogens is 368 g/mol. The van der Waals surface area contributed by atoms with Gasteiger partial charge in [-0.05, 0) is 0 Å². The van der Waals surface area contributed by atoms with Crippen molar-refractivity contribution in [2.45, 2.75) is 36.8 Å². The summed E-state index contributed by atoms with van der Waals surface area (Å²) >= 11 is 0. The van der Waals surface area contributed by atoms with Crippen LogP contribution in [0.5, 0.6) is 0 Å². The second-order valence-electron chi connectivity index (χ2n) is 4.79. The molecule has 14 nitrogen and oxygen atoms in total. The normalized spacial score (nSPS) is 13.9. The van der Waals surface area contributed by atoms with Crippen molar-refractivity contribution in [2.75, 3.05) is 13.2 Å². The number of carboxylic acids is 3. The monoisotopic (exact) mass is 390 g/mol. The molecule has 14 heteroatoms. The molecule has 0 radical (unpaired) electrons. The van der Waals surface area contributed by atoms with Crippen LogP contribution in [0.25, 0.3) is 0 Å². The maximum absolute atomic E-state index is 10.5. The molecule has 0 heterocycles. The van der Waals surface area contributed by atoms with E-state index >= 15 is 0 Å². The third kappa shape index (κ3) is 10.6. The van der Waals surface area contributed by atoms with Gasteiger partial charge in [0.25, 0.3) is 0 Å². The van der Waals surface area contributed by atoms with Crippen molar-refractivity contribution in [1.29, 1.82) is 0 Å². The largest absolute Gasteiger partial charge is 0.481 e. The van der Waals surface area contributed by atoms with Crippen molar-refractivity contribution in [3.63, 3.8) is 0 Å². The van der Waals surface area contributed by atoms with Crippen LogP contribution < -0.4 is 0 Å². The first kappa shape index (κ1) is 28.6. The maximum Gasteiger partial charge on any atom is 0.336 e. The average molecular weight is 390 g/mol. The standard InChI is InChI=1S/C6H8O7.C6H12O6.H2O/c7-3(8)1-6(13,5(11)12)2-4(9)10;7-1-3(9)5(11)6(12)4(10)2-8;/h13H,1-2H2,(H,7,8)(H,9,10)(H,11,12);3,5-9,11-12H,1-2H2;1H2/t;3-,5-,6-;/m.1./s1. The van der Waals surface area contributed by atoms with E-state index in [0.29, 0.717) is 0 Å². The Labute approximate surface area is 145 Å². The molecule has 0 fully saturated rings. The van der Waals surface area contributed by atoms with E-state index in [2.05, 4.69) is 0 Å². The van der Waals surface area contributed by atoms with Crippen molar-refractivity contribution in [3.8, 4) is 0 Å². The van der Waals surface area contributed by atoms with Gasteiger partial charge in [0.1, 0.15) is 24.9 Å². The molecule has 0 spiro atoms. The number of carboxylic acid groups (broad SMARTS) is 3. The highest BCUT2D eigenvalue weighted by molar-refractivity contribution is 5.88. The van der Waals surface area contributed by atoms with Gasteiger partial charge in [-0.2, -0.15) is 0 Å². The van der Waals surface area contributed by atoms with Crippen molar-refractivity contribution in [2.24, 2.45) is 0 Å². The summed E-state index contributed by atoms with van der Waals surface area (Å²) in [5.74, 6) is -6.02. The minimum atomic E-state index is -2.74. The molecule has 11 N–H and O–H groups in total. The van der Waals surface area contributed by atoms with E-state index in [1.54, 1.807) is 0 Å². The number of carbonyl (C=O) groups is 4. The number of aliphatic hydroxyl groups excluding tert-OH is 5. The molecule has 0 aliphatic heterocycles. The predicted molar refractivity (Wildman–Crippen MR) is 77.9 cm³/mol. The summed E-state index contributed by atoms with van der Waals surface area (Å²) in [6.45, 7) is -1.69. The number of Topliss-reactive ketones (excluding diaryl/α,β-unsaturated/α-hetero) is 1. The molecule has 0 aliphatic carbocycles. The van der Waals surface area contributed by atoms with E-state index < -0.39 is 73.7 Å². The lowest BCUT2D eigenvalue weighted by Crippen LogP contribution is -2.44. The smallest absolute Gasteiger partial charge is 0.336 e. The fourth-order valence-corrected chi connectivity index (χ4v) is 1.32. The molecule has 154 valence electrons. The Balaban J connectivity index is -0.000000393. The van der Waals surface area contributed by atoms with Gasteiger partial charge in [0.05, 0.1) is 19.4 Å². The van der Waals surface area contributed by atoms with Crippen molar-refractivity contribution >= 4 is 23.7 Å². The fourth-order valence-electron chi connectivity index (χ4n) is 1.32. The second-order valence-corrected chi connectivity index (χ2v) is 4.79. The lowest BCUT2D eigenvalue weighted by Gasteiger charge is -2.19. The molecule has 0 amide bonds. The van der Waals surface area contributed by atoms with E-state index in [0.717, 1.165) is 0 Å². The zero-order valence-corrected chi connectivity index (χ0v) is 13.2. The Morgan fingerprint density at radius 1 is 0.846 bits per heavy atom. The van der Waals surface area contributed by atoms with Gasteiger partial charge < -0.3 is 51.4 Å². The van der Waals surface area contributed by atoms with E-state index in [-0.39, 0.29) is 5.48 Å². The number of rotatable bonds is 10. The highest BCUT2D eigenvalue weighted by Gasteiger charge is 2.40. The van der Waals surface area contributed by atoms with Crippen LogP contribution in [0.4, 0.5) is 0 Å². The first-order valence-corrected chi connectivity index (χ1v) is 6.50. The molecule has 3 atom stereocenters. The zero-order chi connectivity index (χ0) is 20.4. The van der Waals surface area contributed by atoms with Crippen LogP contribution >= 0.6 is 0 Å². The molecule has 0 aromatic rings. The summed E-state index contributed by atoms with van der Waals surface area (Å²) < 4.78 is 0. The Hall–Kier alpha value is -2.20. The molecule has 0 aromatic heterocycles. The van der Waals surface area contributed by atoms with Gasteiger partial charge in [-0.3, -0.25) is 14.4 Å². The molecule has 0 aliphatic rings. The fraction of sp³-hybridized carbons (Fsp3) is 0.667. The van der Waals surface area contributed by atoms with Gasteiger partial charge in [0, 0.05) is 0 Å². The van der Waals surface area contributed by atoms with Crippen molar-refractivity contribution < 1.29 is 70.6 Å².